The molecule has 0 unspecified atom stereocenters. The first-order valence-corrected chi connectivity index (χ1v) is 10.1. The van der Waals surface area contributed by atoms with E-state index in [9.17, 15) is 9.00 Å². The van der Waals surface area contributed by atoms with Gasteiger partial charge in [-0.15, -0.1) is 5.10 Å². The highest BCUT2D eigenvalue weighted by molar-refractivity contribution is 7.84. The quantitative estimate of drug-likeness (QED) is 0.782. The molecule has 8 heteroatoms. The van der Waals surface area contributed by atoms with Gasteiger partial charge in [0, 0.05) is 23.9 Å². The van der Waals surface area contributed by atoms with E-state index in [2.05, 4.69) is 15.5 Å². The summed E-state index contributed by atoms with van der Waals surface area (Å²) in [4.78, 5) is 14.2. The van der Waals surface area contributed by atoms with Gasteiger partial charge in [-0.2, -0.15) is 4.68 Å². The zero-order valence-corrected chi connectivity index (χ0v) is 15.2. The van der Waals surface area contributed by atoms with Crippen LogP contribution in [-0.2, 0) is 21.3 Å². The molecule has 2 aromatic rings. The van der Waals surface area contributed by atoms with Crippen molar-refractivity contribution in [3.8, 4) is 5.69 Å². The van der Waals surface area contributed by atoms with E-state index in [-0.39, 0.29) is 23.5 Å². The minimum Gasteiger partial charge on any atom is -0.342 e. The summed E-state index contributed by atoms with van der Waals surface area (Å²) in [7, 11) is 0.480. The van der Waals surface area contributed by atoms with Crippen molar-refractivity contribution in [1.82, 2.24) is 25.1 Å². The Morgan fingerprint density at radius 2 is 1.96 bits per heavy atom. The number of amides is 1. The Hall–Kier alpha value is -2.09. The molecule has 1 heterocycles. The summed E-state index contributed by atoms with van der Waals surface area (Å²) in [6, 6.07) is 9.73. The number of tetrazole rings is 1. The first-order valence-electron chi connectivity index (χ1n) is 8.58. The molecule has 1 amide bonds. The topological polar surface area (TPSA) is 81.0 Å². The highest BCUT2D eigenvalue weighted by atomic mass is 32.2. The highest BCUT2D eigenvalue weighted by Gasteiger charge is 2.24. The van der Waals surface area contributed by atoms with Gasteiger partial charge in [0.05, 0.1) is 11.4 Å². The molecule has 0 radical (unpaired) electrons. The molecule has 0 bridgehead atoms. The Balaban J connectivity index is 1.60. The van der Waals surface area contributed by atoms with Gasteiger partial charge in [-0.05, 0) is 35.4 Å². The maximum atomic E-state index is 12.4. The van der Waals surface area contributed by atoms with Gasteiger partial charge in [0.25, 0.3) is 0 Å². The van der Waals surface area contributed by atoms with Crippen LogP contribution in [0.2, 0.25) is 0 Å². The molecular formula is C17H23N5O2S. The van der Waals surface area contributed by atoms with Crippen molar-refractivity contribution in [2.75, 3.05) is 12.8 Å². The van der Waals surface area contributed by atoms with E-state index in [1.165, 1.54) is 6.42 Å². The average molecular weight is 361 g/mol. The van der Waals surface area contributed by atoms with Crippen molar-refractivity contribution in [3.63, 3.8) is 0 Å². The average Bonchev–Trinajstić information content (AvgIpc) is 3.10. The molecule has 1 saturated carbocycles. The first kappa shape index (κ1) is 17.7. The fraction of sp³-hybridized carbons (Fsp3) is 0.529. The van der Waals surface area contributed by atoms with E-state index >= 15 is 0 Å². The van der Waals surface area contributed by atoms with Crippen molar-refractivity contribution in [3.05, 3.63) is 36.2 Å². The molecule has 134 valence electrons. The Labute approximate surface area is 149 Å². The fourth-order valence-corrected chi connectivity index (χ4v) is 4.22. The van der Waals surface area contributed by atoms with E-state index in [0.29, 0.717) is 5.82 Å². The van der Waals surface area contributed by atoms with Crippen molar-refractivity contribution >= 4 is 16.7 Å². The van der Waals surface area contributed by atoms with Crippen molar-refractivity contribution in [2.45, 2.75) is 43.9 Å². The first-order chi connectivity index (χ1) is 12.1. The third-order valence-corrected chi connectivity index (χ3v) is 5.77. The lowest BCUT2D eigenvalue weighted by Crippen LogP contribution is -2.40. The second-order valence-electron chi connectivity index (χ2n) is 6.37. The van der Waals surface area contributed by atoms with Crippen LogP contribution < -0.4 is 0 Å². The minimum atomic E-state index is -1.34. The normalized spacial score (nSPS) is 16.5. The molecule has 1 aliphatic rings. The molecule has 0 aliphatic heterocycles. The number of aromatic nitrogens is 4. The predicted octanol–water partition coefficient (Wildman–Crippen LogP) is 1.70. The van der Waals surface area contributed by atoms with Crippen molar-refractivity contribution in [2.24, 2.45) is 0 Å². The second kappa shape index (κ2) is 8.33. The minimum absolute atomic E-state index is 0.00858. The van der Waals surface area contributed by atoms with E-state index in [1.807, 2.05) is 37.4 Å². The third-order valence-electron chi connectivity index (χ3n) is 4.63. The lowest BCUT2D eigenvalue weighted by atomic mass is 9.94. The van der Waals surface area contributed by atoms with Crippen molar-refractivity contribution in [1.29, 1.82) is 0 Å². The predicted molar refractivity (Wildman–Crippen MR) is 95.5 cm³/mol. The summed E-state index contributed by atoms with van der Waals surface area (Å²) in [6.45, 7) is 0. The Morgan fingerprint density at radius 3 is 2.68 bits per heavy atom. The number of carbonyl (C=O) groups excluding carboxylic acids is 1. The smallest absolute Gasteiger partial charge is 0.235 e. The molecule has 1 aromatic heterocycles. The maximum absolute atomic E-state index is 12.4. The largest absolute Gasteiger partial charge is 0.342 e. The molecule has 0 N–H and O–H groups in total. The number of hydrogen-bond acceptors (Lipinski definition) is 5. The number of nitrogens with zero attached hydrogens (tertiary/aromatic N) is 5. The molecule has 1 aliphatic carbocycles. The van der Waals surface area contributed by atoms with Crippen LogP contribution in [0, 0.1) is 0 Å². The lowest BCUT2D eigenvalue weighted by Gasteiger charge is -2.31. The number of hydrogen-bond donors (Lipinski definition) is 0. The summed E-state index contributed by atoms with van der Waals surface area (Å²) in [6.07, 6.45) is 5.66. The zero-order valence-electron chi connectivity index (χ0n) is 14.4. The van der Waals surface area contributed by atoms with Gasteiger partial charge >= 0.3 is 0 Å². The Bertz CT molecular complexity index is 728. The van der Waals surface area contributed by atoms with Crippen LogP contribution >= 0.6 is 0 Å². The van der Waals surface area contributed by atoms with E-state index < -0.39 is 10.8 Å². The van der Waals surface area contributed by atoms with Gasteiger partial charge in [0.15, 0.2) is 5.82 Å². The van der Waals surface area contributed by atoms with Gasteiger partial charge in [-0.25, -0.2) is 0 Å². The number of rotatable bonds is 6. The molecule has 3 rings (SSSR count). The number of carbonyl (C=O) groups is 1. The third kappa shape index (κ3) is 4.50. The van der Waals surface area contributed by atoms with Crippen LogP contribution in [0.25, 0.3) is 5.69 Å². The van der Waals surface area contributed by atoms with Crippen LogP contribution in [0.3, 0.4) is 0 Å². The maximum Gasteiger partial charge on any atom is 0.235 e. The molecule has 0 saturated heterocycles. The standard InChI is InChI=1S/C17H23N5O2S/c1-21(14-8-4-2-5-9-14)17(23)13-25(24)12-16-18-19-20-22(16)15-10-6-3-7-11-15/h3,6-7,10-11,14H,2,4-5,8-9,12-13H2,1H3/t25-/m0/s1. The molecule has 7 nitrogen and oxygen atoms in total. The van der Waals surface area contributed by atoms with E-state index in [1.54, 1.807) is 9.58 Å². The Morgan fingerprint density at radius 1 is 1.24 bits per heavy atom. The van der Waals surface area contributed by atoms with E-state index in [0.717, 1.165) is 31.4 Å². The monoisotopic (exact) mass is 361 g/mol. The molecule has 25 heavy (non-hydrogen) atoms. The van der Waals surface area contributed by atoms with Gasteiger partial charge in [-0.1, -0.05) is 37.5 Å². The summed E-state index contributed by atoms with van der Waals surface area (Å²) in [5.74, 6) is 0.600. The van der Waals surface area contributed by atoms with E-state index in [4.69, 9.17) is 0 Å². The number of benzene rings is 1. The van der Waals surface area contributed by atoms with Crippen LogP contribution in [0.4, 0.5) is 0 Å². The number of para-hydroxylation sites is 1. The summed E-state index contributed by atoms with van der Waals surface area (Å²) in [5, 5.41) is 11.6. The highest BCUT2D eigenvalue weighted by Crippen LogP contribution is 2.21. The molecular weight excluding hydrogens is 338 g/mol. The fourth-order valence-electron chi connectivity index (χ4n) is 3.17. The lowest BCUT2D eigenvalue weighted by molar-refractivity contribution is -0.129. The summed E-state index contributed by atoms with van der Waals surface area (Å²) >= 11 is 0. The zero-order chi connectivity index (χ0) is 17.6. The van der Waals surface area contributed by atoms with Crippen LogP contribution in [0.5, 0.6) is 0 Å². The molecule has 0 spiro atoms. The van der Waals surface area contributed by atoms with Crippen LogP contribution in [0.15, 0.2) is 30.3 Å². The molecule has 1 fully saturated rings. The summed E-state index contributed by atoms with van der Waals surface area (Å²) < 4.78 is 14.0. The second-order valence-corrected chi connectivity index (χ2v) is 7.82. The van der Waals surface area contributed by atoms with Gasteiger partial charge in [0.2, 0.25) is 5.91 Å². The Kier molecular flexibility index (Phi) is 5.91. The van der Waals surface area contributed by atoms with Crippen LogP contribution in [-0.4, -0.2) is 54.1 Å². The van der Waals surface area contributed by atoms with Crippen molar-refractivity contribution < 1.29 is 9.00 Å². The molecule has 1 aromatic carbocycles. The van der Waals surface area contributed by atoms with Gasteiger partial charge in [-0.3, -0.25) is 9.00 Å². The van der Waals surface area contributed by atoms with Gasteiger partial charge in [0.1, 0.15) is 5.75 Å². The SMILES string of the molecule is CN(C(=O)C[S@@](=O)Cc1nnnn1-c1ccccc1)C1CCCCC1. The summed E-state index contributed by atoms with van der Waals surface area (Å²) in [5.41, 5.74) is 0.810. The van der Waals surface area contributed by atoms with Gasteiger partial charge < -0.3 is 4.90 Å². The van der Waals surface area contributed by atoms with Crippen LogP contribution in [0.1, 0.15) is 37.9 Å². The molecule has 1 atom stereocenters.